The summed E-state index contributed by atoms with van der Waals surface area (Å²) in [5, 5.41) is 0. The predicted molar refractivity (Wildman–Crippen MR) is 93.5 cm³/mol. The lowest BCUT2D eigenvalue weighted by Gasteiger charge is -2.53. The molecule has 7 aliphatic rings. The first-order valence-electron chi connectivity index (χ1n) is 10.1. The van der Waals surface area contributed by atoms with E-state index in [2.05, 4.69) is 6.08 Å². The SMILES string of the molecule is CC1=CC2C(C)=C3C(=O)OC(=O)C3C(=C3C4CC5CC(C4)CC3C5)C2O1. The first kappa shape index (κ1) is 15.2. The van der Waals surface area contributed by atoms with E-state index in [9.17, 15) is 9.59 Å². The highest BCUT2D eigenvalue weighted by molar-refractivity contribution is 6.10. The van der Waals surface area contributed by atoms with Gasteiger partial charge in [-0.3, -0.25) is 4.79 Å². The third kappa shape index (κ3) is 1.80. The molecule has 2 heterocycles. The maximum atomic E-state index is 12.7. The molecule has 0 N–H and O–H groups in total. The average molecular weight is 352 g/mol. The molecule has 0 spiro atoms. The van der Waals surface area contributed by atoms with E-state index in [1.54, 1.807) is 0 Å². The van der Waals surface area contributed by atoms with Gasteiger partial charge >= 0.3 is 11.9 Å². The number of rotatable bonds is 0. The molecule has 7 rings (SSSR count). The summed E-state index contributed by atoms with van der Waals surface area (Å²) < 4.78 is 11.3. The topological polar surface area (TPSA) is 52.6 Å². The third-order valence-electron chi connectivity index (χ3n) is 7.88. The molecule has 3 unspecified atom stereocenters. The molecule has 5 fully saturated rings. The molecule has 4 saturated carbocycles. The Kier molecular flexibility index (Phi) is 2.87. The zero-order valence-electron chi connectivity index (χ0n) is 15.3. The smallest absolute Gasteiger partial charge is 0.342 e. The predicted octanol–water partition coefficient (Wildman–Crippen LogP) is 3.69. The Balaban J connectivity index is 1.57. The van der Waals surface area contributed by atoms with Crippen LogP contribution in [0.15, 0.2) is 34.1 Å². The van der Waals surface area contributed by atoms with Crippen LogP contribution in [0.5, 0.6) is 0 Å². The zero-order chi connectivity index (χ0) is 17.7. The first-order chi connectivity index (χ1) is 12.5. The molecule has 5 aliphatic carbocycles. The lowest BCUT2D eigenvalue weighted by atomic mass is 9.52. The van der Waals surface area contributed by atoms with E-state index < -0.39 is 11.9 Å². The highest BCUT2D eigenvalue weighted by Gasteiger charge is 2.56. The van der Waals surface area contributed by atoms with Crippen LogP contribution in [-0.2, 0) is 19.1 Å². The van der Waals surface area contributed by atoms with Crippen LogP contribution in [0.3, 0.4) is 0 Å². The van der Waals surface area contributed by atoms with Crippen molar-refractivity contribution >= 4 is 11.9 Å². The van der Waals surface area contributed by atoms with E-state index in [1.807, 2.05) is 13.8 Å². The minimum Gasteiger partial charge on any atom is -0.490 e. The van der Waals surface area contributed by atoms with E-state index in [4.69, 9.17) is 9.47 Å². The van der Waals surface area contributed by atoms with Crippen molar-refractivity contribution in [3.63, 3.8) is 0 Å². The van der Waals surface area contributed by atoms with Crippen molar-refractivity contribution in [3.05, 3.63) is 34.1 Å². The summed E-state index contributed by atoms with van der Waals surface area (Å²) in [5.74, 6) is 2.52. The van der Waals surface area contributed by atoms with Crippen LogP contribution in [0.4, 0.5) is 0 Å². The van der Waals surface area contributed by atoms with Crippen molar-refractivity contribution < 1.29 is 19.1 Å². The Morgan fingerprint density at radius 1 is 0.923 bits per heavy atom. The lowest BCUT2D eigenvalue weighted by molar-refractivity contribution is -0.152. The number of allylic oxidation sites excluding steroid dienone is 2. The van der Waals surface area contributed by atoms with Crippen LogP contribution in [0.1, 0.15) is 46.0 Å². The minimum absolute atomic E-state index is 0.0689. The second-order valence-corrected chi connectivity index (χ2v) is 9.29. The highest BCUT2D eigenvalue weighted by Crippen LogP contribution is 2.60. The molecular weight excluding hydrogens is 328 g/mol. The van der Waals surface area contributed by atoms with Crippen LogP contribution in [-0.4, -0.2) is 18.0 Å². The zero-order valence-corrected chi connectivity index (χ0v) is 15.3. The van der Waals surface area contributed by atoms with Gasteiger partial charge in [-0.1, -0.05) is 11.1 Å². The summed E-state index contributed by atoms with van der Waals surface area (Å²) in [7, 11) is 0. The van der Waals surface area contributed by atoms with Crippen molar-refractivity contribution in [2.75, 3.05) is 0 Å². The number of hydrogen-bond donors (Lipinski definition) is 0. The van der Waals surface area contributed by atoms with Gasteiger partial charge in [-0.2, -0.15) is 0 Å². The van der Waals surface area contributed by atoms with Crippen LogP contribution >= 0.6 is 0 Å². The minimum atomic E-state index is -0.518. The largest absolute Gasteiger partial charge is 0.490 e. The fraction of sp³-hybridized carbons (Fsp3) is 0.636. The Hall–Kier alpha value is -1.84. The molecule has 0 amide bonds. The maximum absolute atomic E-state index is 12.7. The summed E-state index contributed by atoms with van der Waals surface area (Å²) >= 11 is 0. The van der Waals surface area contributed by atoms with Gasteiger partial charge in [0.25, 0.3) is 0 Å². The number of carbonyl (C=O) groups is 2. The number of ether oxygens (including phenoxy) is 2. The fourth-order valence-electron chi connectivity index (χ4n) is 7.21. The van der Waals surface area contributed by atoms with E-state index >= 15 is 0 Å². The van der Waals surface area contributed by atoms with Crippen molar-refractivity contribution in [1.29, 1.82) is 0 Å². The molecule has 0 aromatic carbocycles. The van der Waals surface area contributed by atoms with Crippen molar-refractivity contribution in [2.45, 2.75) is 52.1 Å². The van der Waals surface area contributed by atoms with Crippen LogP contribution in [0, 0.1) is 35.5 Å². The summed E-state index contributed by atoms with van der Waals surface area (Å²) in [6.07, 6.45) is 8.41. The molecule has 2 aliphatic heterocycles. The van der Waals surface area contributed by atoms with E-state index in [-0.39, 0.29) is 18.0 Å². The van der Waals surface area contributed by atoms with Gasteiger partial charge in [0.05, 0.1) is 11.3 Å². The number of esters is 2. The van der Waals surface area contributed by atoms with Gasteiger partial charge < -0.3 is 9.47 Å². The summed E-state index contributed by atoms with van der Waals surface area (Å²) in [6, 6.07) is 0. The standard InChI is InChI=1S/C22H24O4/c1-9-3-15-10(2)16-19(22(24)26-21(16)23)18(20(15)25-9)17-13-5-11-4-12(7-13)8-14(17)6-11/h3,11-15,19-20H,4-8H2,1-2H3. The molecule has 1 saturated heterocycles. The van der Waals surface area contributed by atoms with Crippen LogP contribution in [0.25, 0.3) is 0 Å². The van der Waals surface area contributed by atoms with Crippen LogP contribution < -0.4 is 0 Å². The molecule has 26 heavy (non-hydrogen) atoms. The van der Waals surface area contributed by atoms with E-state index in [1.165, 1.54) is 37.7 Å². The van der Waals surface area contributed by atoms with Crippen molar-refractivity contribution in [2.24, 2.45) is 35.5 Å². The molecule has 3 atom stereocenters. The van der Waals surface area contributed by atoms with Gasteiger partial charge in [-0.15, -0.1) is 0 Å². The van der Waals surface area contributed by atoms with E-state index in [0.29, 0.717) is 17.4 Å². The van der Waals surface area contributed by atoms with Gasteiger partial charge in [0.15, 0.2) is 0 Å². The average Bonchev–Trinajstić information content (AvgIpc) is 3.09. The Bertz CT molecular complexity index is 812. The summed E-state index contributed by atoms with van der Waals surface area (Å²) in [5.41, 5.74) is 4.13. The van der Waals surface area contributed by atoms with Gasteiger partial charge in [0.1, 0.15) is 12.0 Å². The number of hydrogen-bond acceptors (Lipinski definition) is 4. The second kappa shape index (κ2) is 4.90. The Labute approximate surface area is 153 Å². The molecular formula is C22H24O4. The number of fused-ring (bicyclic) bond motifs is 2. The Morgan fingerprint density at radius 3 is 2.23 bits per heavy atom. The highest BCUT2D eigenvalue weighted by atomic mass is 16.6. The van der Waals surface area contributed by atoms with Gasteiger partial charge in [-0.05, 0) is 81.3 Å². The van der Waals surface area contributed by atoms with Gasteiger partial charge in [-0.25, -0.2) is 4.79 Å². The van der Waals surface area contributed by atoms with Crippen molar-refractivity contribution in [1.82, 2.24) is 0 Å². The molecule has 136 valence electrons. The van der Waals surface area contributed by atoms with E-state index in [0.717, 1.165) is 28.7 Å². The lowest BCUT2D eigenvalue weighted by Crippen LogP contribution is -2.44. The summed E-state index contributed by atoms with van der Waals surface area (Å²) in [4.78, 5) is 25.1. The quantitative estimate of drug-likeness (QED) is 0.379. The molecule has 4 heteroatoms. The fourth-order valence-corrected chi connectivity index (χ4v) is 7.21. The van der Waals surface area contributed by atoms with Crippen molar-refractivity contribution in [3.8, 4) is 0 Å². The molecule has 0 aromatic rings. The second-order valence-electron chi connectivity index (χ2n) is 9.29. The number of carbonyl (C=O) groups excluding carboxylic acids is 2. The number of cyclic esters (lactones) is 2. The van der Waals surface area contributed by atoms with Gasteiger partial charge in [0, 0.05) is 5.92 Å². The molecule has 4 nitrogen and oxygen atoms in total. The molecule has 4 bridgehead atoms. The monoisotopic (exact) mass is 352 g/mol. The maximum Gasteiger partial charge on any atom is 0.342 e. The molecule has 0 radical (unpaired) electrons. The Morgan fingerprint density at radius 2 is 1.58 bits per heavy atom. The third-order valence-corrected chi connectivity index (χ3v) is 7.88. The van der Waals surface area contributed by atoms with Crippen LogP contribution in [0.2, 0.25) is 0 Å². The first-order valence-corrected chi connectivity index (χ1v) is 10.1. The summed E-state index contributed by atoms with van der Waals surface area (Å²) in [6.45, 7) is 3.95. The molecule has 0 aromatic heterocycles. The van der Waals surface area contributed by atoms with Gasteiger partial charge in [0.2, 0.25) is 0 Å². The normalized spacial score (nSPS) is 45.6.